The van der Waals surface area contributed by atoms with E-state index < -0.39 is 0 Å². The van der Waals surface area contributed by atoms with E-state index in [1.54, 1.807) is 0 Å². The van der Waals surface area contributed by atoms with Crippen molar-refractivity contribution in [3.63, 3.8) is 0 Å². The van der Waals surface area contributed by atoms with Crippen molar-refractivity contribution in [1.82, 2.24) is 0 Å². The summed E-state index contributed by atoms with van der Waals surface area (Å²) in [5.41, 5.74) is 2.93. The molecule has 1 aromatic rings. The maximum atomic E-state index is 3.86. The minimum atomic E-state index is 1.04. The highest BCUT2D eigenvalue weighted by Crippen LogP contribution is 2.09. The van der Waals surface area contributed by atoms with Crippen LogP contribution < -0.4 is 0 Å². The topological polar surface area (TPSA) is 0 Å². The van der Waals surface area contributed by atoms with Crippen molar-refractivity contribution < 1.29 is 0 Å². The molecule has 1 rings (SSSR count). The third-order valence-corrected chi connectivity index (χ3v) is 2.56. The predicted octanol–water partition coefficient (Wildman–Crippen LogP) is 4.19. The van der Waals surface area contributed by atoms with Crippen molar-refractivity contribution in [3.05, 3.63) is 42.3 Å². The molecule has 0 heteroatoms. The van der Waals surface area contributed by atoms with Crippen molar-refractivity contribution >= 4 is 0 Å². The van der Waals surface area contributed by atoms with Gasteiger partial charge in [0.15, 0.2) is 0 Å². The van der Waals surface area contributed by atoms with Gasteiger partial charge in [-0.1, -0.05) is 51.0 Å². The Morgan fingerprint density at radius 1 is 0.929 bits per heavy atom. The van der Waals surface area contributed by atoms with Crippen LogP contribution in [-0.4, -0.2) is 0 Å². The number of hydrogen-bond donors (Lipinski definition) is 0. The summed E-state index contributed by atoms with van der Waals surface area (Å²) >= 11 is 0. The normalized spacial score (nSPS) is 10.4. The largest absolute Gasteiger partial charge is 0.0654 e. The van der Waals surface area contributed by atoms with E-state index in [2.05, 4.69) is 38.1 Å². The zero-order chi connectivity index (χ0) is 10.2. The molecule has 0 atom stereocenters. The fourth-order valence-electron chi connectivity index (χ4n) is 1.58. The Labute approximate surface area is 88.4 Å². The number of rotatable bonds is 6. The standard InChI is InChI=1S/C14H21/c1-3-5-7-13-9-11-14(12-10-13)8-6-4-2/h9-12H,1,3-8H2,2H3. The van der Waals surface area contributed by atoms with Crippen LogP contribution in [0.15, 0.2) is 24.3 Å². The molecule has 0 amide bonds. The van der Waals surface area contributed by atoms with Crippen LogP contribution in [0, 0.1) is 6.92 Å². The number of unbranched alkanes of at least 4 members (excludes halogenated alkanes) is 2. The van der Waals surface area contributed by atoms with Gasteiger partial charge in [0, 0.05) is 0 Å². The number of hydrogen-bond acceptors (Lipinski definition) is 0. The summed E-state index contributed by atoms with van der Waals surface area (Å²) in [7, 11) is 0. The van der Waals surface area contributed by atoms with Gasteiger partial charge in [-0.3, -0.25) is 0 Å². The summed E-state index contributed by atoms with van der Waals surface area (Å²) in [6.07, 6.45) is 7.23. The summed E-state index contributed by atoms with van der Waals surface area (Å²) in [5, 5.41) is 0. The molecule has 0 N–H and O–H groups in total. The van der Waals surface area contributed by atoms with Crippen LogP contribution in [0.1, 0.15) is 43.7 Å². The van der Waals surface area contributed by atoms with E-state index in [0.717, 1.165) is 6.42 Å². The van der Waals surface area contributed by atoms with Gasteiger partial charge in [0.2, 0.25) is 0 Å². The van der Waals surface area contributed by atoms with Gasteiger partial charge in [0.25, 0.3) is 0 Å². The van der Waals surface area contributed by atoms with Crippen LogP contribution in [-0.2, 0) is 12.8 Å². The molecule has 0 bridgehead atoms. The summed E-state index contributed by atoms with van der Waals surface area (Å²) < 4.78 is 0. The minimum absolute atomic E-state index is 1.04. The molecule has 0 heterocycles. The van der Waals surface area contributed by atoms with Crippen molar-refractivity contribution in [2.45, 2.75) is 45.4 Å². The van der Waals surface area contributed by atoms with Gasteiger partial charge < -0.3 is 0 Å². The predicted molar refractivity (Wildman–Crippen MR) is 63.3 cm³/mol. The molecule has 0 spiro atoms. The minimum Gasteiger partial charge on any atom is -0.0654 e. The Kier molecular flexibility index (Phi) is 5.36. The molecule has 0 aliphatic carbocycles. The lowest BCUT2D eigenvalue weighted by atomic mass is 10.0. The van der Waals surface area contributed by atoms with Crippen molar-refractivity contribution in [2.24, 2.45) is 0 Å². The molecule has 0 saturated heterocycles. The molecule has 0 fully saturated rings. The van der Waals surface area contributed by atoms with E-state index in [0.29, 0.717) is 0 Å². The average molecular weight is 189 g/mol. The zero-order valence-electron chi connectivity index (χ0n) is 9.26. The van der Waals surface area contributed by atoms with Gasteiger partial charge >= 0.3 is 0 Å². The van der Waals surface area contributed by atoms with Crippen LogP contribution in [0.3, 0.4) is 0 Å². The van der Waals surface area contributed by atoms with Gasteiger partial charge in [-0.05, 0) is 36.8 Å². The van der Waals surface area contributed by atoms with Gasteiger partial charge in [0.05, 0.1) is 0 Å². The maximum Gasteiger partial charge on any atom is -0.0279 e. The van der Waals surface area contributed by atoms with E-state index >= 15 is 0 Å². The highest BCUT2D eigenvalue weighted by atomic mass is 14.0. The zero-order valence-corrected chi connectivity index (χ0v) is 9.26. The first kappa shape index (κ1) is 11.3. The SMILES string of the molecule is [CH2]CCCc1ccc(CCCC)cc1. The Hall–Kier alpha value is -0.780. The van der Waals surface area contributed by atoms with E-state index in [9.17, 15) is 0 Å². The molecule has 0 aliphatic rings. The molecule has 1 radical (unpaired) electrons. The van der Waals surface area contributed by atoms with E-state index in [4.69, 9.17) is 0 Å². The van der Waals surface area contributed by atoms with Crippen molar-refractivity contribution in [1.29, 1.82) is 0 Å². The van der Waals surface area contributed by atoms with Crippen LogP contribution in [0.4, 0.5) is 0 Å². The lowest BCUT2D eigenvalue weighted by Gasteiger charge is -2.02. The third kappa shape index (κ3) is 3.95. The van der Waals surface area contributed by atoms with E-state index in [1.807, 2.05) is 0 Å². The fraction of sp³-hybridized carbons (Fsp3) is 0.500. The van der Waals surface area contributed by atoms with E-state index in [1.165, 1.54) is 43.2 Å². The summed E-state index contributed by atoms with van der Waals surface area (Å²) in [6, 6.07) is 9.07. The molecule has 0 aromatic heterocycles. The molecule has 1 aromatic carbocycles. The molecule has 0 nitrogen and oxygen atoms in total. The Balaban J connectivity index is 2.42. The molecule has 0 unspecified atom stereocenters. The second-order valence-electron chi connectivity index (χ2n) is 3.88. The quantitative estimate of drug-likeness (QED) is 0.629. The fourth-order valence-corrected chi connectivity index (χ4v) is 1.58. The van der Waals surface area contributed by atoms with Crippen LogP contribution in [0.25, 0.3) is 0 Å². The lowest BCUT2D eigenvalue weighted by molar-refractivity contribution is 0.793. The molecule has 14 heavy (non-hydrogen) atoms. The highest BCUT2D eigenvalue weighted by Gasteiger charge is 1.94. The lowest BCUT2D eigenvalue weighted by Crippen LogP contribution is -1.88. The van der Waals surface area contributed by atoms with Gasteiger partial charge in [-0.15, -0.1) is 0 Å². The van der Waals surface area contributed by atoms with Crippen LogP contribution >= 0.6 is 0 Å². The van der Waals surface area contributed by atoms with Gasteiger partial charge in [-0.2, -0.15) is 0 Å². The second kappa shape index (κ2) is 6.64. The number of benzene rings is 1. The molecule has 0 aliphatic heterocycles. The molecule has 0 saturated carbocycles. The third-order valence-electron chi connectivity index (χ3n) is 2.56. The summed E-state index contributed by atoms with van der Waals surface area (Å²) in [5.74, 6) is 0. The van der Waals surface area contributed by atoms with Crippen molar-refractivity contribution in [2.75, 3.05) is 0 Å². The Bertz CT molecular complexity index is 206. The monoisotopic (exact) mass is 189 g/mol. The van der Waals surface area contributed by atoms with E-state index in [-0.39, 0.29) is 0 Å². The first-order chi connectivity index (χ1) is 6.86. The molecular weight excluding hydrogens is 168 g/mol. The highest BCUT2D eigenvalue weighted by molar-refractivity contribution is 5.22. The average Bonchev–Trinajstić information content (AvgIpc) is 2.25. The van der Waals surface area contributed by atoms with Gasteiger partial charge in [0.1, 0.15) is 0 Å². The van der Waals surface area contributed by atoms with Crippen molar-refractivity contribution in [3.8, 4) is 0 Å². The molecule has 77 valence electrons. The first-order valence-electron chi connectivity index (χ1n) is 5.74. The summed E-state index contributed by atoms with van der Waals surface area (Å²) in [6.45, 7) is 6.10. The Morgan fingerprint density at radius 3 is 1.86 bits per heavy atom. The molecular formula is C14H21. The van der Waals surface area contributed by atoms with Crippen LogP contribution in [0.5, 0.6) is 0 Å². The first-order valence-corrected chi connectivity index (χ1v) is 5.74. The Morgan fingerprint density at radius 2 is 1.43 bits per heavy atom. The van der Waals surface area contributed by atoms with Crippen LogP contribution in [0.2, 0.25) is 0 Å². The van der Waals surface area contributed by atoms with Gasteiger partial charge in [-0.25, -0.2) is 0 Å². The smallest absolute Gasteiger partial charge is 0.0279 e. The summed E-state index contributed by atoms with van der Waals surface area (Å²) in [4.78, 5) is 0. The second-order valence-corrected chi connectivity index (χ2v) is 3.88. The maximum absolute atomic E-state index is 3.86. The number of aryl methyl sites for hydroxylation is 2.